The number of rotatable bonds is 4. The molecule has 116 valence electrons. The number of halogens is 2. The first-order valence-corrected chi connectivity index (χ1v) is 6.64. The molecular formula is C15H20F2N2O2. The van der Waals surface area contributed by atoms with Gasteiger partial charge in [-0.3, -0.25) is 9.59 Å². The van der Waals surface area contributed by atoms with Gasteiger partial charge in [-0.05, 0) is 32.9 Å². The zero-order valence-corrected chi connectivity index (χ0v) is 12.7. The van der Waals surface area contributed by atoms with Crippen LogP contribution in [0.3, 0.4) is 0 Å². The topological polar surface area (TPSA) is 49.4 Å². The van der Waals surface area contributed by atoms with Crippen LogP contribution >= 0.6 is 0 Å². The van der Waals surface area contributed by atoms with Crippen LogP contribution in [0, 0.1) is 11.6 Å². The number of carbonyl (C=O) groups is 2. The fourth-order valence-electron chi connectivity index (χ4n) is 1.82. The summed E-state index contributed by atoms with van der Waals surface area (Å²) in [5, 5.41) is 2.77. The molecule has 0 saturated carbocycles. The molecule has 4 nitrogen and oxygen atoms in total. The van der Waals surface area contributed by atoms with Gasteiger partial charge >= 0.3 is 0 Å². The van der Waals surface area contributed by atoms with Crippen LogP contribution in [-0.4, -0.2) is 23.9 Å². The molecule has 6 heteroatoms. The zero-order chi connectivity index (χ0) is 16.2. The standard InChI is InChI=1S/C15H20F2N2O2/c1-10(20)19(8-7-14(21)18-15(2,3)4)11-5-6-12(16)13(17)9-11/h5-6,9H,7-8H2,1-4H3,(H,18,21). The molecule has 0 unspecified atom stereocenters. The summed E-state index contributed by atoms with van der Waals surface area (Å²) in [5.41, 5.74) is -0.134. The Labute approximate surface area is 123 Å². The number of amides is 2. The Morgan fingerprint density at radius 3 is 2.29 bits per heavy atom. The smallest absolute Gasteiger partial charge is 0.223 e. The molecule has 1 aromatic carbocycles. The maximum atomic E-state index is 13.2. The summed E-state index contributed by atoms with van der Waals surface area (Å²) in [4.78, 5) is 24.6. The van der Waals surface area contributed by atoms with Crippen molar-refractivity contribution in [3.8, 4) is 0 Å². The van der Waals surface area contributed by atoms with E-state index in [1.807, 2.05) is 20.8 Å². The third-order valence-electron chi connectivity index (χ3n) is 2.67. The van der Waals surface area contributed by atoms with Crippen molar-refractivity contribution < 1.29 is 18.4 Å². The lowest BCUT2D eigenvalue weighted by Gasteiger charge is -2.24. The third kappa shape index (κ3) is 5.49. The Bertz CT molecular complexity index is 539. The second-order valence-corrected chi connectivity index (χ2v) is 5.82. The van der Waals surface area contributed by atoms with Crippen LogP contribution in [-0.2, 0) is 9.59 Å². The van der Waals surface area contributed by atoms with Crippen LogP contribution in [0.1, 0.15) is 34.1 Å². The zero-order valence-electron chi connectivity index (χ0n) is 12.7. The van der Waals surface area contributed by atoms with Crippen molar-refractivity contribution in [1.82, 2.24) is 5.32 Å². The number of nitrogens with zero attached hydrogens (tertiary/aromatic N) is 1. The summed E-state index contributed by atoms with van der Waals surface area (Å²) in [6.45, 7) is 6.96. The molecule has 0 bridgehead atoms. The second kappa shape index (κ2) is 6.65. The quantitative estimate of drug-likeness (QED) is 0.929. The predicted molar refractivity (Wildman–Crippen MR) is 76.9 cm³/mol. The Balaban J connectivity index is 2.77. The van der Waals surface area contributed by atoms with Crippen molar-refractivity contribution in [2.45, 2.75) is 39.7 Å². The second-order valence-electron chi connectivity index (χ2n) is 5.82. The maximum absolute atomic E-state index is 13.2. The summed E-state index contributed by atoms with van der Waals surface area (Å²) in [7, 11) is 0. The molecule has 0 fully saturated rings. The first kappa shape index (κ1) is 17.1. The van der Waals surface area contributed by atoms with Gasteiger partial charge in [0.2, 0.25) is 11.8 Å². The van der Waals surface area contributed by atoms with Crippen LogP contribution in [0.4, 0.5) is 14.5 Å². The number of hydrogen-bond acceptors (Lipinski definition) is 2. The first-order valence-electron chi connectivity index (χ1n) is 6.64. The number of benzene rings is 1. The van der Waals surface area contributed by atoms with Crippen molar-refractivity contribution >= 4 is 17.5 Å². The van der Waals surface area contributed by atoms with E-state index < -0.39 is 11.6 Å². The Hall–Kier alpha value is -1.98. The van der Waals surface area contributed by atoms with Gasteiger partial charge in [-0.1, -0.05) is 0 Å². The summed E-state index contributed by atoms with van der Waals surface area (Å²) in [6, 6.07) is 3.20. The number of anilines is 1. The lowest BCUT2D eigenvalue weighted by molar-refractivity contribution is -0.122. The molecule has 1 N–H and O–H groups in total. The predicted octanol–water partition coefficient (Wildman–Crippen LogP) is 2.62. The average molecular weight is 298 g/mol. The molecule has 0 aliphatic carbocycles. The van der Waals surface area contributed by atoms with Crippen molar-refractivity contribution in [3.63, 3.8) is 0 Å². The van der Waals surface area contributed by atoms with Gasteiger partial charge in [0, 0.05) is 37.2 Å². The van der Waals surface area contributed by atoms with E-state index in [-0.39, 0.29) is 36.0 Å². The molecule has 0 aliphatic heterocycles. The third-order valence-corrected chi connectivity index (χ3v) is 2.67. The van der Waals surface area contributed by atoms with Crippen LogP contribution in [0.25, 0.3) is 0 Å². The molecule has 0 aromatic heterocycles. The fraction of sp³-hybridized carbons (Fsp3) is 0.467. The Kier molecular flexibility index (Phi) is 5.41. The van der Waals surface area contributed by atoms with Crippen LogP contribution < -0.4 is 10.2 Å². The highest BCUT2D eigenvalue weighted by molar-refractivity contribution is 5.92. The molecule has 2 amide bonds. The van der Waals surface area contributed by atoms with E-state index in [9.17, 15) is 18.4 Å². The van der Waals surface area contributed by atoms with Gasteiger partial charge < -0.3 is 10.2 Å². The van der Waals surface area contributed by atoms with Gasteiger partial charge in [-0.2, -0.15) is 0 Å². The normalized spacial score (nSPS) is 11.1. The van der Waals surface area contributed by atoms with Crippen molar-refractivity contribution in [2.24, 2.45) is 0 Å². The molecular weight excluding hydrogens is 278 g/mol. The minimum atomic E-state index is -1.03. The summed E-state index contributed by atoms with van der Waals surface area (Å²) < 4.78 is 26.2. The van der Waals surface area contributed by atoms with E-state index in [1.165, 1.54) is 17.9 Å². The average Bonchev–Trinajstić information content (AvgIpc) is 2.31. The number of carbonyl (C=O) groups excluding carboxylic acids is 2. The van der Waals surface area contributed by atoms with Gasteiger partial charge in [0.05, 0.1) is 0 Å². The van der Waals surface area contributed by atoms with E-state index in [4.69, 9.17) is 0 Å². The van der Waals surface area contributed by atoms with E-state index in [0.29, 0.717) is 0 Å². The molecule has 0 saturated heterocycles. The van der Waals surface area contributed by atoms with Crippen LogP contribution in [0.2, 0.25) is 0 Å². The molecule has 0 radical (unpaired) electrons. The molecule has 0 spiro atoms. The highest BCUT2D eigenvalue weighted by atomic mass is 19.2. The van der Waals surface area contributed by atoms with Gasteiger partial charge in [0.15, 0.2) is 11.6 Å². The minimum absolute atomic E-state index is 0.0792. The Morgan fingerprint density at radius 2 is 1.81 bits per heavy atom. The van der Waals surface area contributed by atoms with E-state index in [1.54, 1.807) is 0 Å². The summed E-state index contributed by atoms with van der Waals surface area (Å²) in [5.74, 6) is -2.56. The first-order chi connectivity index (χ1) is 9.60. The highest BCUT2D eigenvalue weighted by Crippen LogP contribution is 2.18. The van der Waals surface area contributed by atoms with E-state index in [0.717, 1.165) is 12.1 Å². The molecule has 1 rings (SSSR count). The number of hydrogen-bond donors (Lipinski definition) is 1. The lowest BCUT2D eigenvalue weighted by Crippen LogP contribution is -2.42. The molecule has 0 heterocycles. The van der Waals surface area contributed by atoms with Crippen molar-refractivity contribution in [1.29, 1.82) is 0 Å². The lowest BCUT2D eigenvalue weighted by atomic mass is 10.1. The van der Waals surface area contributed by atoms with Crippen LogP contribution in [0.15, 0.2) is 18.2 Å². The fourth-order valence-corrected chi connectivity index (χ4v) is 1.82. The molecule has 21 heavy (non-hydrogen) atoms. The van der Waals surface area contributed by atoms with E-state index >= 15 is 0 Å². The van der Waals surface area contributed by atoms with Gasteiger partial charge in [-0.25, -0.2) is 8.78 Å². The van der Waals surface area contributed by atoms with Crippen molar-refractivity contribution in [2.75, 3.05) is 11.4 Å². The molecule has 1 aromatic rings. The highest BCUT2D eigenvalue weighted by Gasteiger charge is 2.18. The largest absolute Gasteiger partial charge is 0.351 e. The molecule has 0 atom stereocenters. The SMILES string of the molecule is CC(=O)N(CCC(=O)NC(C)(C)C)c1ccc(F)c(F)c1. The van der Waals surface area contributed by atoms with Gasteiger partial charge in [0.1, 0.15) is 0 Å². The van der Waals surface area contributed by atoms with Gasteiger partial charge in [0.25, 0.3) is 0 Å². The number of nitrogens with one attached hydrogen (secondary N) is 1. The van der Waals surface area contributed by atoms with E-state index in [2.05, 4.69) is 5.32 Å². The summed E-state index contributed by atoms with van der Waals surface area (Å²) >= 11 is 0. The summed E-state index contributed by atoms with van der Waals surface area (Å²) in [6.07, 6.45) is 0.0792. The van der Waals surface area contributed by atoms with Crippen molar-refractivity contribution in [3.05, 3.63) is 29.8 Å². The maximum Gasteiger partial charge on any atom is 0.223 e. The minimum Gasteiger partial charge on any atom is -0.351 e. The van der Waals surface area contributed by atoms with Gasteiger partial charge in [-0.15, -0.1) is 0 Å². The Morgan fingerprint density at radius 1 is 1.19 bits per heavy atom. The molecule has 0 aliphatic rings. The monoisotopic (exact) mass is 298 g/mol. The van der Waals surface area contributed by atoms with Crippen LogP contribution in [0.5, 0.6) is 0 Å².